The second-order valence-corrected chi connectivity index (χ2v) is 7.16. The van der Waals surface area contributed by atoms with Gasteiger partial charge in [-0.1, -0.05) is 24.6 Å². The molecule has 4 nitrogen and oxygen atoms in total. The third kappa shape index (κ3) is 4.23. The first-order valence-corrected chi connectivity index (χ1v) is 8.81. The van der Waals surface area contributed by atoms with Crippen LogP contribution in [0.1, 0.15) is 45.1 Å². The van der Waals surface area contributed by atoms with Gasteiger partial charge in [0.15, 0.2) is 6.10 Å². The largest absolute Gasteiger partial charge is 0.448 e. The second kappa shape index (κ2) is 7.62. The van der Waals surface area contributed by atoms with Gasteiger partial charge in [-0.25, -0.2) is 4.79 Å². The molecule has 0 bridgehead atoms. The van der Waals surface area contributed by atoms with Crippen molar-refractivity contribution < 1.29 is 14.3 Å². The summed E-state index contributed by atoms with van der Waals surface area (Å²) < 4.78 is 5.31. The molecule has 1 aromatic carbocycles. The minimum absolute atomic E-state index is 0.334. The number of thiophene rings is 1. The van der Waals surface area contributed by atoms with Crippen LogP contribution in [0.25, 0.3) is 0 Å². The summed E-state index contributed by atoms with van der Waals surface area (Å²) >= 11 is 1.40. The van der Waals surface area contributed by atoms with Crippen LogP contribution in [0.3, 0.4) is 0 Å². The Hall–Kier alpha value is -2.14. The highest BCUT2D eigenvalue weighted by molar-refractivity contribution is 7.14. The molecule has 0 fully saturated rings. The van der Waals surface area contributed by atoms with Crippen LogP contribution >= 0.6 is 11.3 Å². The molecular formula is C19H23NO3S. The summed E-state index contributed by atoms with van der Waals surface area (Å²) in [5.74, 6) is -0.787. The smallest absolute Gasteiger partial charge is 0.349 e. The summed E-state index contributed by atoms with van der Waals surface area (Å²) in [7, 11) is 0. The van der Waals surface area contributed by atoms with Crippen LogP contribution in [-0.4, -0.2) is 18.0 Å². The maximum Gasteiger partial charge on any atom is 0.349 e. The zero-order valence-electron chi connectivity index (χ0n) is 14.7. The standard InChI is InChI=1S/C19H23NO3S/c1-6-15-10-17(24-14(15)5)19(22)23-13(4)18(21)20-16-8-7-11(2)9-12(16)3/h7-10,13H,6H2,1-5H3,(H,20,21)/t13-/m0/s1. The molecule has 1 N–H and O–H groups in total. The Morgan fingerprint density at radius 3 is 2.50 bits per heavy atom. The number of nitrogens with one attached hydrogen (secondary N) is 1. The predicted molar refractivity (Wildman–Crippen MR) is 97.9 cm³/mol. The fourth-order valence-corrected chi connectivity index (χ4v) is 3.43. The number of rotatable bonds is 5. The quantitative estimate of drug-likeness (QED) is 0.816. The fraction of sp³-hybridized carbons (Fsp3) is 0.368. The average Bonchev–Trinajstić information content (AvgIpc) is 2.91. The van der Waals surface area contributed by atoms with E-state index >= 15 is 0 Å². The highest BCUT2D eigenvalue weighted by Gasteiger charge is 2.21. The van der Waals surface area contributed by atoms with E-state index in [-0.39, 0.29) is 5.91 Å². The lowest BCUT2D eigenvalue weighted by Crippen LogP contribution is -2.30. The third-order valence-electron chi connectivity index (χ3n) is 3.90. The molecule has 0 saturated carbocycles. The topological polar surface area (TPSA) is 55.4 Å². The van der Waals surface area contributed by atoms with Crippen LogP contribution in [0.5, 0.6) is 0 Å². The number of amides is 1. The van der Waals surface area contributed by atoms with Crippen LogP contribution < -0.4 is 5.32 Å². The Bertz CT molecular complexity index is 764. The molecule has 128 valence electrons. The van der Waals surface area contributed by atoms with Crippen LogP contribution in [0.2, 0.25) is 0 Å². The monoisotopic (exact) mass is 345 g/mol. The average molecular weight is 345 g/mol. The zero-order chi connectivity index (χ0) is 17.9. The number of esters is 1. The first-order chi connectivity index (χ1) is 11.3. The summed E-state index contributed by atoms with van der Waals surface area (Å²) in [5.41, 5.74) is 3.97. The molecule has 0 aliphatic rings. The van der Waals surface area contributed by atoms with Gasteiger partial charge in [0.25, 0.3) is 5.91 Å². The maximum atomic E-state index is 12.3. The highest BCUT2D eigenvalue weighted by Crippen LogP contribution is 2.23. The van der Waals surface area contributed by atoms with Crippen molar-refractivity contribution in [1.82, 2.24) is 0 Å². The Morgan fingerprint density at radius 2 is 1.92 bits per heavy atom. The van der Waals surface area contributed by atoms with Gasteiger partial charge in [-0.05, 0) is 57.4 Å². The van der Waals surface area contributed by atoms with Gasteiger partial charge in [-0.2, -0.15) is 0 Å². The molecule has 2 aromatic rings. The number of hydrogen-bond acceptors (Lipinski definition) is 4. The summed E-state index contributed by atoms with van der Waals surface area (Å²) in [5, 5.41) is 2.81. The maximum absolute atomic E-state index is 12.3. The summed E-state index contributed by atoms with van der Waals surface area (Å²) in [6, 6.07) is 7.62. The van der Waals surface area contributed by atoms with Crippen LogP contribution in [0.4, 0.5) is 5.69 Å². The molecule has 0 unspecified atom stereocenters. The molecule has 0 spiro atoms. The van der Waals surface area contributed by atoms with Gasteiger partial charge < -0.3 is 10.1 Å². The number of anilines is 1. The van der Waals surface area contributed by atoms with Gasteiger partial charge in [0, 0.05) is 10.6 Å². The molecule has 1 aromatic heterocycles. The van der Waals surface area contributed by atoms with E-state index in [0.29, 0.717) is 4.88 Å². The van der Waals surface area contributed by atoms with E-state index in [1.54, 1.807) is 6.92 Å². The SMILES string of the molecule is CCc1cc(C(=O)O[C@@H](C)C(=O)Nc2ccc(C)cc2C)sc1C. The van der Waals surface area contributed by atoms with Crippen molar-refractivity contribution in [3.63, 3.8) is 0 Å². The summed E-state index contributed by atoms with van der Waals surface area (Å²) in [6.45, 7) is 9.54. The van der Waals surface area contributed by atoms with Crippen molar-refractivity contribution in [2.45, 2.75) is 47.1 Å². The van der Waals surface area contributed by atoms with Crippen molar-refractivity contribution in [1.29, 1.82) is 0 Å². The second-order valence-electron chi connectivity index (χ2n) is 5.90. The number of carbonyl (C=O) groups excluding carboxylic acids is 2. The van der Waals surface area contributed by atoms with Gasteiger partial charge in [0.1, 0.15) is 4.88 Å². The first kappa shape index (κ1) is 18.2. The molecule has 1 amide bonds. The van der Waals surface area contributed by atoms with Gasteiger partial charge >= 0.3 is 5.97 Å². The zero-order valence-corrected chi connectivity index (χ0v) is 15.5. The lowest BCUT2D eigenvalue weighted by molar-refractivity contribution is -0.123. The Labute approximate surface area is 146 Å². The number of ether oxygens (including phenoxy) is 1. The molecule has 1 atom stereocenters. The lowest BCUT2D eigenvalue weighted by atomic mass is 10.1. The van der Waals surface area contributed by atoms with Gasteiger partial charge in [0.05, 0.1) is 0 Å². The van der Waals surface area contributed by atoms with Crippen LogP contribution in [0, 0.1) is 20.8 Å². The van der Waals surface area contributed by atoms with E-state index in [0.717, 1.165) is 33.7 Å². The Balaban J connectivity index is 2.01. The molecule has 2 rings (SSSR count). The summed E-state index contributed by atoms with van der Waals surface area (Å²) in [6.07, 6.45) is 0.0175. The van der Waals surface area contributed by atoms with Crippen molar-refractivity contribution in [2.24, 2.45) is 0 Å². The Kier molecular flexibility index (Phi) is 5.78. The molecule has 0 aliphatic heterocycles. The van der Waals surface area contributed by atoms with Crippen LogP contribution in [0.15, 0.2) is 24.3 Å². The normalized spacial score (nSPS) is 11.9. The minimum atomic E-state index is -0.856. The van der Waals surface area contributed by atoms with Crippen molar-refractivity contribution in [3.05, 3.63) is 50.7 Å². The van der Waals surface area contributed by atoms with E-state index in [2.05, 4.69) is 5.32 Å². The molecule has 0 aliphatic carbocycles. The molecule has 24 heavy (non-hydrogen) atoms. The number of hydrogen-bond donors (Lipinski definition) is 1. The van der Waals surface area contributed by atoms with E-state index in [1.165, 1.54) is 11.3 Å². The molecule has 0 radical (unpaired) electrons. The van der Waals surface area contributed by atoms with Crippen LogP contribution in [-0.2, 0) is 16.0 Å². The van der Waals surface area contributed by atoms with Gasteiger partial charge in [0.2, 0.25) is 0 Å². The number of aryl methyl sites for hydroxylation is 4. The first-order valence-electron chi connectivity index (χ1n) is 8.00. The Morgan fingerprint density at radius 1 is 1.21 bits per heavy atom. The van der Waals surface area contributed by atoms with Gasteiger partial charge in [-0.3, -0.25) is 4.79 Å². The number of carbonyl (C=O) groups is 2. The van der Waals surface area contributed by atoms with Gasteiger partial charge in [-0.15, -0.1) is 11.3 Å². The minimum Gasteiger partial charge on any atom is -0.448 e. The fourth-order valence-electron chi connectivity index (χ4n) is 2.43. The van der Waals surface area contributed by atoms with E-state index < -0.39 is 12.1 Å². The van der Waals surface area contributed by atoms with E-state index in [9.17, 15) is 9.59 Å². The molecular weight excluding hydrogens is 322 g/mol. The lowest BCUT2D eigenvalue weighted by Gasteiger charge is -2.14. The molecule has 1 heterocycles. The van der Waals surface area contributed by atoms with Crippen molar-refractivity contribution in [2.75, 3.05) is 5.32 Å². The third-order valence-corrected chi connectivity index (χ3v) is 4.97. The highest BCUT2D eigenvalue weighted by atomic mass is 32.1. The van der Waals surface area contributed by atoms with Crippen molar-refractivity contribution in [3.8, 4) is 0 Å². The predicted octanol–water partition coefficient (Wildman–Crippen LogP) is 4.42. The van der Waals surface area contributed by atoms with Crippen molar-refractivity contribution >= 4 is 28.9 Å². The van der Waals surface area contributed by atoms with E-state index in [4.69, 9.17) is 4.74 Å². The molecule has 5 heteroatoms. The van der Waals surface area contributed by atoms with E-state index in [1.807, 2.05) is 52.0 Å². The molecule has 0 saturated heterocycles. The number of benzene rings is 1. The summed E-state index contributed by atoms with van der Waals surface area (Å²) in [4.78, 5) is 26.1.